The zero-order chi connectivity index (χ0) is 14.5. The molecule has 7 heteroatoms. The molecule has 0 saturated heterocycles. The van der Waals surface area contributed by atoms with Crippen molar-refractivity contribution in [3.63, 3.8) is 0 Å². The minimum Gasteiger partial charge on any atom is -0.346 e. The van der Waals surface area contributed by atoms with E-state index in [1.807, 2.05) is 6.92 Å². The topological polar surface area (TPSA) is 68.2 Å². The molecule has 110 valence electrons. The largest absolute Gasteiger partial charge is 0.346 e. The van der Waals surface area contributed by atoms with Gasteiger partial charge in [-0.3, -0.25) is 4.79 Å². The third-order valence-corrected chi connectivity index (χ3v) is 5.54. The molecule has 0 aliphatic heterocycles. The molecule has 3 rings (SSSR count). The molecular formula is C13H17ClN2O3S. The fourth-order valence-electron chi connectivity index (χ4n) is 2.39. The molecule has 0 aromatic carbocycles. The lowest BCUT2D eigenvalue weighted by Crippen LogP contribution is -2.36. The van der Waals surface area contributed by atoms with Crippen molar-refractivity contribution < 1.29 is 13.2 Å². The molecule has 0 radical (unpaired) electrons. The normalized spacial score (nSPS) is 21.3. The van der Waals surface area contributed by atoms with Gasteiger partial charge in [-0.15, -0.1) is 0 Å². The maximum Gasteiger partial charge on any atom is 0.268 e. The first-order valence-electron chi connectivity index (χ1n) is 6.78. The van der Waals surface area contributed by atoms with Gasteiger partial charge < -0.3 is 9.88 Å². The van der Waals surface area contributed by atoms with Gasteiger partial charge in [-0.2, -0.15) is 0 Å². The van der Waals surface area contributed by atoms with Crippen molar-refractivity contribution in [1.29, 1.82) is 0 Å². The van der Waals surface area contributed by atoms with E-state index in [1.165, 1.54) is 12.3 Å². The Labute approximate surface area is 122 Å². The van der Waals surface area contributed by atoms with E-state index >= 15 is 0 Å². The van der Waals surface area contributed by atoms with Gasteiger partial charge in [0.1, 0.15) is 10.6 Å². The average Bonchev–Trinajstić information content (AvgIpc) is 2.82. The Kier molecular flexibility index (Phi) is 3.14. The van der Waals surface area contributed by atoms with Crippen molar-refractivity contribution in [1.82, 2.24) is 9.88 Å². The highest BCUT2D eigenvalue weighted by atomic mass is 35.7. The minimum absolute atomic E-state index is 0.00262. The fraction of sp³-hybridized carbons (Fsp3) is 0.615. The lowest BCUT2D eigenvalue weighted by atomic mass is 9.93. The molecule has 5 nitrogen and oxygen atoms in total. The van der Waals surface area contributed by atoms with Crippen LogP contribution in [0.2, 0.25) is 0 Å². The number of hydrogen-bond acceptors (Lipinski definition) is 3. The highest BCUT2D eigenvalue weighted by molar-refractivity contribution is 8.13. The van der Waals surface area contributed by atoms with Gasteiger partial charge in [-0.1, -0.05) is 0 Å². The van der Waals surface area contributed by atoms with Crippen LogP contribution in [0.1, 0.15) is 55.6 Å². The Morgan fingerprint density at radius 2 is 2.10 bits per heavy atom. The molecule has 2 aliphatic rings. The van der Waals surface area contributed by atoms with Gasteiger partial charge in [0.2, 0.25) is 0 Å². The highest BCUT2D eigenvalue weighted by Crippen LogP contribution is 2.37. The molecule has 2 fully saturated rings. The molecule has 0 bridgehead atoms. The molecule has 1 heterocycles. The van der Waals surface area contributed by atoms with Crippen molar-refractivity contribution in [3.05, 3.63) is 18.0 Å². The molecule has 0 unspecified atom stereocenters. The zero-order valence-corrected chi connectivity index (χ0v) is 12.8. The van der Waals surface area contributed by atoms with Crippen LogP contribution in [0.5, 0.6) is 0 Å². The van der Waals surface area contributed by atoms with E-state index in [4.69, 9.17) is 10.7 Å². The van der Waals surface area contributed by atoms with Crippen LogP contribution in [-0.2, 0) is 9.05 Å². The van der Waals surface area contributed by atoms with E-state index in [1.54, 1.807) is 4.57 Å². The van der Waals surface area contributed by atoms with Crippen LogP contribution < -0.4 is 5.32 Å². The van der Waals surface area contributed by atoms with Crippen molar-refractivity contribution in [2.24, 2.45) is 0 Å². The van der Waals surface area contributed by atoms with Gasteiger partial charge in [0.25, 0.3) is 15.0 Å². The molecule has 2 saturated carbocycles. The summed E-state index contributed by atoms with van der Waals surface area (Å²) < 4.78 is 24.7. The van der Waals surface area contributed by atoms with Gasteiger partial charge in [0, 0.05) is 28.5 Å². The summed E-state index contributed by atoms with van der Waals surface area (Å²) in [6.45, 7) is 1.99. The first kappa shape index (κ1) is 13.9. The molecule has 2 aliphatic carbocycles. The van der Waals surface area contributed by atoms with Gasteiger partial charge in [-0.05, 0) is 45.1 Å². The van der Waals surface area contributed by atoms with Crippen molar-refractivity contribution >= 4 is 25.6 Å². The second-order valence-electron chi connectivity index (χ2n) is 6.01. The number of amides is 1. The van der Waals surface area contributed by atoms with Gasteiger partial charge in [0.15, 0.2) is 0 Å². The third kappa shape index (κ3) is 2.59. The number of hydrogen-bond donors (Lipinski definition) is 1. The quantitative estimate of drug-likeness (QED) is 0.867. The maximum atomic E-state index is 12.3. The van der Waals surface area contributed by atoms with Crippen LogP contribution in [0.25, 0.3) is 0 Å². The fourth-order valence-corrected chi connectivity index (χ4v) is 3.13. The van der Waals surface area contributed by atoms with Crippen LogP contribution in [-0.4, -0.2) is 24.4 Å². The SMILES string of the molecule is CC1(NC(=O)c2cc(S(=O)(=O)Cl)cn2C2CCC2)CC1. The Morgan fingerprint density at radius 3 is 2.55 bits per heavy atom. The molecule has 1 amide bonds. The summed E-state index contributed by atoms with van der Waals surface area (Å²) >= 11 is 0. The Balaban J connectivity index is 1.94. The van der Waals surface area contributed by atoms with Crippen LogP contribution in [0, 0.1) is 0 Å². The lowest BCUT2D eigenvalue weighted by Gasteiger charge is -2.29. The predicted octanol–water partition coefficient (Wildman–Crippen LogP) is 2.42. The molecule has 20 heavy (non-hydrogen) atoms. The van der Waals surface area contributed by atoms with Crippen molar-refractivity contribution in [2.45, 2.75) is 55.5 Å². The number of carbonyl (C=O) groups excluding carboxylic acids is 1. The summed E-state index contributed by atoms with van der Waals surface area (Å²) in [5, 5.41) is 2.96. The van der Waals surface area contributed by atoms with Crippen LogP contribution in [0.3, 0.4) is 0 Å². The summed E-state index contributed by atoms with van der Waals surface area (Å²) in [6, 6.07) is 1.58. The van der Waals surface area contributed by atoms with E-state index in [-0.39, 0.29) is 22.4 Å². The number of nitrogens with zero attached hydrogens (tertiary/aromatic N) is 1. The van der Waals surface area contributed by atoms with Crippen LogP contribution in [0.4, 0.5) is 0 Å². The molecule has 0 spiro atoms. The van der Waals surface area contributed by atoms with Crippen LogP contribution in [0.15, 0.2) is 17.2 Å². The minimum atomic E-state index is -3.81. The van der Waals surface area contributed by atoms with Gasteiger partial charge in [0.05, 0.1) is 0 Å². The van der Waals surface area contributed by atoms with E-state index in [0.29, 0.717) is 5.69 Å². The van der Waals surface area contributed by atoms with E-state index < -0.39 is 9.05 Å². The lowest BCUT2D eigenvalue weighted by molar-refractivity contribution is 0.0920. The number of rotatable bonds is 4. The smallest absolute Gasteiger partial charge is 0.268 e. The third-order valence-electron chi connectivity index (χ3n) is 4.22. The van der Waals surface area contributed by atoms with Crippen molar-refractivity contribution in [2.75, 3.05) is 0 Å². The van der Waals surface area contributed by atoms with Crippen LogP contribution >= 0.6 is 10.7 Å². The van der Waals surface area contributed by atoms with E-state index in [9.17, 15) is 13.2 Å². The summed E-state index contributed by atoms with van der Waals surface area (Å²) in [7, 11) is 1.57. The van der Waals surface area contributed by atoms with Crippen molar-refractivity contribution in [3.8, 4) is 0 Å². The molecular weight excluding hydrogens is 300 g/mol. The second-order valence-corrected chi connectivity index (χ2v) is 8.57. The highest BCUT2D eigenvalue weighted by Gasteiger charge is 2.40. The first-order valence-corrected chi connectivity index (χ1v) is 9.08. The summed E-state index contributed by atoms with van der Waals surface area (Å²) in [4.78, 5) is 12.3. The monoisotopic (exact) mass is 316 g/mol. The Morgan fingerprint density at radius 1 is 1.45 bits per heavy atom. The van der Waals surface area contributed by atoms with Gasteiger partial charge in [-0.25, -0.2) is 8.42 Å². The van der Waals surface area contributed by atoms with E-state index in [2.05, 4.69) is 5.32 Å². The summed E-state index contributed by atoms with van der Waals surface area (Å²) in [5.74, 6) is -0.219. The number of nitrogens with one attached hydrogen (secondary N) is 1. The standard InChI is InChI=1S/C13H17ClN2O3S/c1-13(5-6-13)15-12(17)11-7-10(20(14,18)19)8-16(11)9-3-2-4-9/h7-9H,2-6H2,1H3,(H,15,17). The molecule has 1 aromatic heterocycles. The Bertz CT molecular complexity index is 657. The Hall–Kier alpha value is -1.01. The predicted molar refractivity (Wildman–Crippen MR) is 75.5 cm³/mol. The average molecular weight is 317 g/mol. The van der Waals surface area contributed by atoms with E-state index in [0.717, 1.165) is 32.1 Å². The first-order chi connectivity index (χ1) is 9.28. The maximum absolute atomic E-state index is 12.3. The zero-order valence-electron chi connectivity index (χ0n) is 11.2. The molecule has 0 atom stereocenters. The number of carbonyl (C=O) groups is 1. The number of halogens is 1. The molecule has 1 aromatic rings. The second kappa shape index (κ2) is 4.49. The van der Waals surface area contributed by atoms with Gasteiger partial charge >= 0.3 is 0 Å². The molecule has 1 N–H and O–H groups in total. The summed E-state index contributed by atoms with van der Waals surface area (Å²) in [6.07, 6.45) is 6.44. The summed E-state index contributed by atoms with van der Waals surface area (Å²) in [5.41, 5.74) is 0.258. The number of aromatic nitrogens is 1.